The van der Waals surface area contributed by atoms with Gasteiger partial charge in [0.25, 0.3) is 11.8 Å². The number of benzene rings is 3. The van der Waals surface area contributed by atoms with E-state index in [4.69, 9.17) is 4.74 Å². The van der Waals surface area contributed by atoms with E-state index < -0.39 is 29.2 Å². The van der Waals surface area contributed by atoms with Crippen LogP contribution in [0.25, 0.3) is 0 Å². The molecule has 7 heteroatoms. The number of halogens is 3. The van der Waals surface area contributed by atoms with E-state index >= 15 is 0 Å². The fraction of sp³-hybridized carbons (Fsp3) is 0.167. The van der Waals surface area contributed by atoms with Crippen molar-refractivity contribution in [2.75, 3.05) is 0 Å². The van der Waals surface area contributed by atoms with Gasteiger partial charge in [-0.2, -0.15) is 13.2 Å². The Morgan fingerprint density at radius 2 is 1.48 bits per heavy atom. The molecule has 0 bridgehead atoms. The molecule has 0 fully saturated rings. The van der Waals surface area contributed by atoms with Crippen LogP contribution < -0.4 is 10.1 Å². The number of ether oxygens (including phenoxy) is 1. The van der Waals surface area contributed by atoms with Gasteiger partial charge in [0, 0.05) is 5.56 Å². The van der Waals surface area contributed by atoms with Crippen molar-refractivity contribution in [3.05, 3.63) is 101 Å². The predicted molar refractivity (Wildman–Crippen MR) is 108 cm³/mol. The number of amides is 2. The molecule has 4 nitrogen and oxygen atoms in total. The monoisotopic (exact) mass is 425 g/mol. The van der Waals surface area contributed by atoms with Crippen LogP contribution in [0.1, 0.15) is 50.8 Å². The minimum absolute atomic E-state index is 0.209. The molecule has 0 saturated heterocycles. The lowest BCUT2D eigenvalue weighted by molar-refractivity contribution is -0.137. The van der Waals surface area contributed by atoms with E-state index in [1.807, 2.05) is 37.3 Å². The molecule has 1 aliphatic heterocycles. The van der Waals surface area contributed by atoms with Crippen LogP contribution in [0.2, 0.25) is 0 Å². The second kappa shape index (κ2) is 7.58. The first-order valence-electron chi connectivity index (χ1n) is 9.67. The number of hydrogen-bond donors (Lipinski definition) is 1. The molecule has 3 aromatic carbocycles. The van der Waals surface area contributed by atoms with Crippen molar-refractivity contribution in [1.29, 1.82) is 0 Å². The van der Waals surface area contributed by atoms with Crippen LogP contribution in [0.15, 0.2) is 72.8 Å². The minimum Gasteiger partial charge on any atom is -0.478 e. The van der Waals surface area contributed by atoms with E-state index in [0.717, 1.165) is 12.1 Å². The quantitative estimate of drug-likeness (QED) is 0.563. The van der Waals surface area contributed by atoms with Crippen LogP contribution in [-0.4, -0.2) is 11.8 Å². The zero-order valence-corrected chi connectivity index (χ0v) is 16.5. The standard InChI is InChI=1S/C24H18F3NO3/c1-2-23(15-7-4-3-5-8-15,31-17-13-11-16(12-14-17)24(25,26)27)19-10-6-9-18-20(19)22(30)28-21(18)29/h3-14H,2H2,1H3,(H,28,29,30)/t23-/m0/s1. The third-order valence-electron chi connectivity index (χ3n) is 5.41. The highest BCUT2D eigenvalue weighted by Gasteiger charge is 2.42. The van der Waals surface area contributed by atoms with Crippen molar-refractivity contribution in [3.8, 4) is 5.75 Å². The number of nitrogens with one attached hydrogen (secondary N) is 1. The fourth-order valence-corrected chi connectivity index (χ4v) is 3.91. The number of hydrogen-bond acceptors (Lipinski definition) is 3. The molecule has 0 aromatic heterocycles. The zero-order valence-electron chi connectivity index (χ0n) is 16.5. The molecule has 0 saturated carbocycles. The molecule has 0 spiro atoms. The van der Waals surface area contributed by atoms with Gasteiger partial charge in [-0.1, -0.05) is 49.4 Å². The molecule has 1 heterocycles. The lowest BCUT2D eigenvalue weighted by atomic mass is 9.80. The first kappa shape index (κ1) is 20.7. The summed E-state index contributed by atoms with van der Waals surface area (Å²) in [7, 11) is 0. The fourth-order valence-electron chi connectivity index (χ4n) is 3.91. The van der Waals surface area contributed by atoms with Crippen molar-refractivity contribution in [2.24, 2.45) is 0 Å². The smallest absolute Gasteiger partial charge is 0.416 e. The third-order valence-corrected chi connectivity index (χ3v) is 5.41. The second-order valence-corrected chi connectivity index (χ2v) is 7.18. The molecule has 0 radical (unpaired) electrons. The number of alkyl halides is 3. The van der Waals surface area contributed by atoms with Gasteiger partial charge in [0.15, 0.2) is 5.60 Å². The SMILES string of the molecule is CC[C@](Oc1ccc(C(F)(F)F)cc1)(c1ccccc1)c1cccc2c1C(=O)NC2=O. The highest BCUT2D eigenvalue weighted by atomic mass is 19.4. The normalized spacial score (nSPS) is 15.2. The van der Waals surface area contributed by atoms with Gasteiger partial charge in [0.05, 0.1) is 16.7 Å². The van der Waals surface area contributed by atoms with Crippen LogP contribution in [0, 0.1) is 0 Å². The van der Waals surface area contributed by atoms with Crippen LogP contribution in [-0.2, 0) is 11.8 Å². The first-order valence-corrected chi connectivity index (χ1v) is 9.67. The Morgan fingerprint density at radius 3 is 2.10 bits per heavy atom. The lowest BCUT2D eigenvalue weighted by Crippen LogP contribution is -2.36. The summed E-state index contributed by atoms with van der Waals surface area (Å²) in [5.41, 5.74) is -0.349. The highest BCUT2D eigenvalue weighted by Crippen LogP contribution is 2.42. The van der Waals surface area contributed by atoms with Gasteiger partial charge in [-0.25, -0.2) is 0 Å². The summed E-state index contributed by atoms with van der Waals surface area (Å²) in [6.45, 7) is 1.85. The number of carbonyl (C=O) groups excluding carboxylic acids is 2. The summed E-state index contributed by atoms with van der Waals surface area (Å²) >= 11 is 0. The number of carbonyl (C=O) groups is 2. The molecule has 0 aliphatic carbocycles. The second-order valence-electron chi connectivity index (χ2n) is 7.18. The zero-order chi connectivity index (χ0) is 22.2. The molecular formula is C24H18F3NO3. The predicted octanol–water partition coefficient (Wildman–Crippen LogP) is 5.32. The Labute approximate surface area is 176 Å². The first-order chi connectivity index (χ1) is 14.8. The van der Waals surface area contributed by atoms with Gasteiger partial charge in [-0.3, -0.25) is 14.9 Å². The van der Waals surface area contributed by atoms with Gasteiger partial charge in [0.1, 0.15) is 5.75 Å². The average molecular weight is 425 g/mol. The van der Waals surface area contributed by atoms with E-state index in [9.17, 15) is 22.8 Å². The summed E-state index contributed by atoms with van der Waals surface area (Å²) in [4.78, 5) is 24.8. The Kier molecular flexibility index (Phi) is 5.05. The summed E-state index contributed by atoms with van der Waals surface area (Å²) in [5, 5.41) is 2.30. The maximum Gasteiger partial charge on any atom is 0.416 e. The van der Waals surface area contributed by atoms with Gasteiger partial charge >= 0.3 is 6.18 Å². The van der Waals surface area contributed by atoms with Crippen molar-refractivity contribution in [3.63, 3.8) is 0 Å². The molecule has 31 heavy (non-hydrogen) atoms. The van der Waals surface area contributed by atoms with Crippen LogP contribution in [0.3, 0.4) is 0 Å². The molecule has 4 rings (SSSR count). The van der Waals surface area contributed by atoms with Gasteiger partial charge < -0.3 is 4.74 Å². The number of fused-ring (bicyclic) bond motifs is 1. The largest absolute Gasteiger partial charge is 0.478 e. The Morgan fingerprint density at radius 1 is 0.806 bits per heavy atom. The van der Waals surface area contributed by atoms with Gasteiger partial charge in [-0.05, 0) is 42.3 Å². The number of imide groups is 1. The van der Waals surface area contributed by atoms with Crippen molar-refractivity contribution < 1.29 is 27.5 Å². The van der Waals surface area contributed by atoms with E-state index in [0.29, 0.717) is 17.5 Å². The molecule has 2 amide bonds. The molecule has 3 aromatic rings. The Bertz CT molecular complexity index is 1140. The van der Waals surface area contributed by atoms with Crippen LogP contribution >= 0.6 is 0 Å². The van der Waals surface area contributed by atoms with Crippen molar-refractivity contribution in [1.82, 2.24) is 5.32 Å². The molecule has 1 atom stereocenters. The molecule has 1 N–H and O–H groups in total. The van der Waals surface area contributed by atoms with Crippen molar-refractivity contribution >= 4 is 11.8 Å². The highest BCUT2D eigenvalue weighted by molar-refractivity contribution is 6.22. The van der Waals surface area contributed by atoms with Crippen LogP contribution in [0.4, 0.5) is 13.2 Å². The Hall–Kier alpha value is -3.61. The Balaban J connectivity index is 1.89. The maximum atomic E-state index is 13.0. The molecule has 0 unspecified atom stereocenters. The topological polar surface area (TPSA) is 55.4 Å². The van der Waals surface area contributed by atoms with E-state index in [1.54, 1.807) is 18.2 Å². The minimum atomic E-state index is -4.46. The summed E-state index contributed by atoms with van der Waals surface area (Å²) < 4.78 is 45.2. The number of rotatable bonds is 5. The lowest BCUT2D eigenvalue weighted by Gasteiger charge is -2.36. The summed E-state index contributed by atoms with van der Waals surface area (Å²) in [6, 6.07) is 18.4. The van der Waals surface area contributed by atoms with E-state index in [-0.39, 0.29) is 16.9 Å². The van der Waals surface area contributed by atoms with Gasteiger partial charge in [0.2, 0.25) is 0 Å². The molecule has 1 aliphatic rings. The van der Waals surface area contributed by atoms with Crippen molar-refractivity contribution in [2.45, 2.75) is 25.1 Å². The third kappa shape index (κ3) is 3.56. The summed E-state index contributed by atoms with van der Waals surface area (Å²) in [5.74, 6) is -0.809. The average Bonchev–Trinajstić information content (AvgIpc) is 3.06. The van der Waals surface area contributed by atoms with E-state index in [1.165, 1.54) is 12.1 Å². The van der Waals surface area contributed by atoms with Crippen LogP contribution in [0.5, 0.6) is 5.75 Å². The van der Waals surface area contributed by atoms with Gasteiger partial charge in [-0.15, -0.1) is 0 Å². The maximum absolute atomic E-state index is 13.0. The molecular weight excluding hydrogens is 407 g/mol. The summed E-state index contributed by atoms with van der Waals surface area (Å²) in [6.07, 6.45) is -4.10. The van der Waals surface area contributed by atoms with E-state index in [2.05, 4.69) is 5.32 Å². The molecule has 158 valence electrons.